The number of aryl methyl sites for hydroxylation is 1. The van der Waals surface area contributed by atoms with Crippen LogP contribution in [0.25, 0.3) is 11.1 Å². The number of aromatic nitrogens is 1. The van der Waals surface area contributed by atoms with Gasteiger partial charge in [-0.3, -0.25) is 9.59 Å². The highest BCUT2D eigenvalue weighted by Gasteiger charge is 2.35. The van der Waals surface area contributed by atoms with Gasteiger partial charge in [0, 0.05) is 22.6 Å². The number of rotatable bonds is 2. The van der Waals surface area contributed by atoms with Crippen LogP contribution in [0.4, 0.5) is 18.9 Å². The van der Waals surface area contributed by atoms with Crippen LogP contribution in [0.1, 0.15) is 45.7 Å². The number of benzene rings is 1. The molecular formula is C19H16F3N3O3. The average molecular weight is 391 g/mol. The third-order valence-electron chi connectivity index (χ3n) is 4.96. The number of nitrogens with two attached hydrogens (primary N) is 1. The maximum atomic E-state index is 12.6. The third kappa shape index (κ3) is 2.92. The van der Waals surface area contributed by atoms with Crippen molar-refractivity contribution in [3.8, 4) is 5.75 Å². The predicted molar refractivity (Wildman–Crippen MR) is 95.6 cm³/mol. The molecule has 1 aliphatic heterocycles. The summed E-state index contributed by atoms with van der Waals surface area (Å²) < 4.78 is 41.7. The van der Waals surface area contributed by atoms with Crippen LogP contribution in [0.5, 0.6) is 5.75 Å². The second kappa shape index (κ2) is 6.15. The van der Waals surface area contributed by atoms with Crippen molar-refractivity contribution < 1.29 is 27.5 Å². The summed E-state index contributed by atoms with van der Waals surface area (Å²) in [5.74, 6) is -1.37. The Morgan fingerprint density at radius 2 is 2.00 bits per heavy atom. The number of halogens is 3. The van der Waals surface area contributed by atoms with Crippen LogP contribution < -0.4 is 15.8 Å². The van der Waals surface area contributed by atoms with Gasteiger partial charge in [-0.1, -0.05) is 0 Å². The number of allylic oxidation sites excluding steroid dienone is 1. The summed E-state index contributed by atoms with van der Waals surface area (Å²) >= 11 is 0. The van der Waals surface area contributed by atoms with Gasteiger partial charge in [-0.05, 0) is 55.5 Å². The van der Waals surface area contributed by atoms with Gasteiger partial charge >= 0.3 is 6.36 Å². The molecule has 0 fully saturated rings. The zero-order valence-corrected chi connectivity index (χ0v) is 14.8. The lowest BCUT2D eigenvalue weighted by Gasteiger charge is -2.18. The number of anilines is 1. The number of H-pyrrole nitrogens is 1. The van der Waals surface area contributed by atoms with E-state index in [1.807, 2.05) is 0 Å². The minimum absolute atomic E-state index is 0.279. The summed E-state index contributed by atoms with van der Waals surface area (Å²) in [7, 11) is 0. The van der Waals surface area contributed by atoms with Gasteiger partial charge in [-0.15, -0.1) is 13.2 Å². The van der Waals surface area contributed by atoms with Gasteiger partial charge in [0.05, 0.1) is 11.1 Å². The number of alkyl halides is 3. The van der Waals surface area contributed by atoms with Gasteiger partial charge < -0.3 is 20.8 Å². The Balaban J connectivity index is 1.89. The Morgan fingerprint density at radius 1 is 1.25 bits per heavy atom. The number of hydrogen-bond acceptors (Lipinski definition) is 3. The van der Waals surface area contributed by atoms with Crippen LogP contribution >= 0.6 is 0 Å². The van der Waals surface area contributed by atoms with Crippen LogP contribution in [0.3, 0.4) is 0 Å². The number of fused-ring (bicyclic) bond motifs is 2. The molecule has 1 aromatic heterocycles. The van der Waals surface area contributed by atoms with Crippen LogP contribution in [-0.2, 0) is 11.2 Å². The fourth-order valence-corrected chi connectivity index (χ4v) is 3.98. The molecule has 0 spiro atoms. The fraction of sp³-hybridized carbons (Fsp3) is 0.263. The Morgan fingerprint density at radius 3 is 2.68 bits per heavy atom. The standard InChI is InChI=1S/C19H16F3N3O3/c1-8-14(17(23)26)10-3-2-4-11(16(10)24-8)15-12-7-9(28-19(20,21)22)5-6-13(12)25-18(15)27/h5-7,24H,2-4H2,1H3,(H2,23,26)(H,25,27)/b15-11-. The fourth-order valence-electron chi connectivity index (χ4n) is 3.98. The molecule has 2 heterocycles. The van der Waals surface area contributed by atoms with Crippen molar-refractivity contribution in [1.82, 2.24) is 4.98 Å². The highest BCUT2D eigenvalue weighted by Crippen LogP contribution is 2.44. The van der Waals surface area contributed by atoms with E-state index in [1.54, 1.807) is 6.92 Å². The molecule has 2 aliphatic rings. The Hall–Kier alpha value is -3.23. The van der Waals surface area contributed by atoms with E-state index < -0.39 is 23.9 Å². The van der Waals surface area contributed by atoms with Crippen molar-refractivity contribution >= 4 is 28.6 Å². The first-order chi connectivity index (χ1) is 13.2. The molecule has 4 N–H and O–H groups in total. The van der Waals surface area contributed by atoms with E-state index in [9.17, 15) is 22.8 Å². The molecule has 0 radical (unpaired) electrons. The Kier molecular flexibility index (Phi) is 3.99. The highest BCUT2D eigenvalue weighted by molar-refractivity contribution is 6.37. The predicted octanol–water partition coefficient (Wildman–Crippen LogP) is 3.52. The van der Waals surface area contributed by atoms with Crippen molar-refractivity contribution in [2.75, 3.05) is 5.32 Å². The smallest absolute Gasteiger partial charge is 0.406 e. The first kappa shape index (κ1) is 18.1. The first-order valence-electron chi connectivity index (χ1n) is 8.62. The van der Waals surface area contributed by atoms with Crippen LogP contribution in [0.2, 0.25) is 0 Å². The molecule has 1 aromatic carbocycles. The maximum absolute atomic E-state index is 12.6. The Labute approximate surface area is 157 Å². The van der Waals surface area contributed by atoms with Gasteiger partial charge in [-0.2, -0.15) is 0 Å². The zero-order valence-electron chi connectivity index (χ0n) is 14.8. The second-order valence-corrected chi connectivity index (χ2v) is 6.76. The van der Waals surface area contributed by atoms with Crippen molar-refractivity contribution in [3.05, 3.63) is 46.3 Å². The van der Waals surface area contributed by atoms with Gasteiger partial charge in [-0.25, -0.2) is 0 Å². The summed E-state index contributed by atoms with van der Waals surface area (Å²) in [5, 5.41) is 2.67. The molecule has 9 heteroatoms. The van der Waals surface area contributed by atoms with E-state index in [0.29, 0.717) is 53.0 Å². The van der Waals surface area contributed by atoms with E-state index in [1.165, 1.54) is 12.1 Å². The number of hydrogen-bond donors (Lipinski definition) is 3. The second-order valence-electron chi connectivity index (χ2n) is 6.76. The molecule has 2 aromatic rings. The van der Waals surface area contributed by atoms with Gasteiger partial charge in [0.2, 0.25) is 0 Å². The molecule has 0 bridgehead atoms. The number of nitrogens with one attached hydrogen (secondary N) is 2. The highest BCUT2D eigenvalue weighted by atomic mass is 19.4. The van der Waals surface area contributed by atoms with Crippen molar-refractivity contribution in [2.24, 2.45) is 5.73 Å². The summed E-state index contributed by atoms with van der Waals surface area (Å²) in [6.45, 7) is 1.72. The number of carbonyl (C=O) groups excluding carboxylic acids is 2. The lowest BCUT2D eigenvalue weighted by Crippen LogP contribution is -2.17. The summed E-state index contributed by atoms with van der Waals surface area (Å²) in [5.41, 5.74) is 9.54. The normalized spacial score (nSPS) is 18.5. The average Bonchev–Trinajstić information content (AvgIpc) is 3.08. The molecule has 28 heavy (non-hydrogen) atoms. The van der Waals surface area contributed by atoms with Crippen molar-refractivity contribution in [3.63, 3.8) is 0 Å². The molecule has 0 saturated heterocycles. The van der Waals surface area contributed by atoms with Gasteiger partial charge in [0.15, 0.2) is 0 Å². The van der Waals surface area contributed by atoms with Crippen LogP contribution in [0.15, 0.2) is 18.2 Å². The van der Waals surface area contributed by atoms with Crippen LogP contribution in [0, 0.1) is 6.92 Å². The lowest BCUT2D eigenvalue weighted by molar-refractivity contribution is -0.274. The molecule has 4 rings (SSSR count). The molecule has 146 valence electrons. The maximum Gasteiger partial charge on any atom is 0.573 e. The molecular weight excluding hydrogens is 375 g/mol. The van der Waals surface area contributed by atoms with E-state index in [0.717, 1.165) is 11.6 Å². The van der Waals surface area contributed by atoms with Crippen molar-refractivity contribution in [1.29, 1.82) is 0 Å². The van der Waals surface area contributed by atoms with E-state index in [4.69, 9.17) is 5.73 Å². The van der Waals surface area contributed by atoms with Crippen molar-refractivity contribution in [2.45, 2.75) is 32.5 Å². The minimum Gasteiger partial charge on any atom is -0.406 e. The number of primary amides is 1. The van der Waals surface area contributed by atoms with E-state index in [2.05, 4.69) is 15.0 Å². The van der Waals surface area contributed by atoms with E-state index >= 15 is 0 Å². The minimum atomic E-state index is -4.83. The number of aromatic amines is 1. The zero-order chi connectivity index (χ0) is 20.2. The largest absolute Gasteiger partial charge is 0.573 e. The molecule has 1 aliphatic carbocycles. The monoisotopic (exact) mass is 391 g/mol. The van der Waals surface area contributed by atoms with Crippen LogP contribution in [-0.4, -0.2) is 23.2 Å². The molecule has 2 amide bonds. The number of ether oxygens (including phenoxy) is 1. The molecule has 0 saturated carbocycles. The lowest BCUT2D eigenvalue weighted by atomic mass is 9.86. The number of carbonyl (C=O) groups is 2. The molecule has 0 unspecified atom stereocenters. The summed E-state index contributed by atoms with van der Waals surface area (Å²) in [6.07, 6.45) is -2.98. The third-order valence-corrected chi connectivity index (χ3v) is 4.96. The Bertz CT molecular complexity index is 1050. The molecule has 0 atom stereocenters. The quantitative estimate of drug-likeness (QED) is 0.684. The first-order valence-corrected chi connectivity index (χ1v) is 8.62. The summed E-state index contributed by atoms with van der Waals surface area (Å²) in [4.78, 5) is 27.6. The van der Waals surface area contributed by atoms with Gasteiger partial charge in [0.25, 0.3) is 11.8 Å². The summed E-state index contributed by atoms with van der Waals surface area (Å²) in [6, 6.07) is 3.72. The molecule has 6 nitrogen and oxygen atoms in total. The van der Waals surface area contributed by atoms with Gasteiger partial charge in [0.1, 0.15) is 5.75 Å². The SMILES string of the molecule is Cc1[nH]c2c(c1C(N)=O)CCC/C2=C1/C(=O)Nc2ccc(OC(F)(F)F)cc21. The topological polar surface area (TPSA) is 97.2 Å². The van der Waals surface area contributed by atoms with E-state index in [-0.39, 0.29) is 5.57 Å². The number of amides is 2.